The van der Waals surface area contributed by atoms with E-state index in [1.54, 1.807) is 39.0 Å². The molecule has 0 bridgehead atoms. The van der Waals surface area contributed by atoms with Gasteiger partial charge in [0, 0.05) is 136 Å². The summed E-state index contributed by atoms with van der Waals surface area (Å²) in [5, 5.41) is 41.9. The highest BCUT2D eigenvalue weighted by Gasteiger charge is 2.47. The highest BCUT2D eigenvalue weighted by atomic mass is 19.3. The van der Waals surface area contributed by atoms with Gasteiger partial charge in [-0.05, 0) is 148 Å². The second kappa shape index (κ2) is 34.3. The smallest absolute Gasteiger partial charge is 0.283 e. The number of rotatable bonds is 27. The number of H-pyrrole nitrogens is 3. The minimum atomic E-state index is -3.34. The van der Waals surface area contributed by atoms with Crippen molar-refractivity contribution in [2.75, 3.05) is 98.4 Å². The number of nitrogens with zero attached hydrogens (tertiary/aromatic N) is 6. The number of nitrogens with one attached hydrogen (secondary N) is 3. The zero-order valence-electron chi connectivity index (χ0n) is 63.9. The van der Waals surface area contributed by atoms with E-state index < -0.39 is 105 Å². The van der Waals surface area contributed by atoms with Gasteiger partial charge in [0.1, 0.15) is 43.8 Å². The Labute approximate surface area is 638 Å². The number of hydrogen-bond donors (Lipinski definition) is 7. The van der Waals surface area contributed by atoms with Crippen LogP contribution in [0.4, 0.5) is 43.9 Å². The van der Waals surface area contributed by atoms with E-state index in [2.05, 4.69) is 56.5 Å². The number of aliphatic hydroxyl groups is 4. The Morgan fingerprint density at radius 2 is 0.727 bits per heavy atom. The van der Waals surface area contributed by atoms with Crippen LogP contribution in [0.3, 0.4) is 0 Å². The summed E-state index contributed by atoms with van der Waals surface area (Å²) >= 11 is 0. The molecule has 0 radical (unpaired) electrons. The number of aromatic amines is 3. The number of unbranched alkanes of at least 4 members (excludes halogenated alkanes) is 3. The van der Waals surface area contributed by atoms with Gasteiger partial charge in [0.25, 0.3) is 17.8 Å². The molecule has 7 N–H and O–H groups in total. The average Bonchev–Trinajstić information content (AvgIpc) is 1.58. The van der Waals surface area contributed by atoms with Crippen LogP contribution in [0.25, 0.3) is 32.7 Å². The summed E-state index contributed by atoms with van der Waals surface area (Å²) in [6.07, 6.45) is 5.30. The van der Waals surface area contributed by atoms with Crippen LogP contribution in [0.2, 0.25) is 0 Å². The zero-order chi connectivity index (χ0) is 78.1. The van der Waals surface area contributed by atoms with Crippen LogP contribution in [0.15, 0.2) is 133 Å². The third kappa shape index (κ3) is 17.2. The lowest BCUT2D eigenvalue weighted by Crippen LogP contribution is -2.49. The van der Waals surface area contributed by atoms with Gasteiger partial charge in [0.05, 0.1) is 43.9 Å². The molecule has 0 aliphatic carbocycles. The number of aromatic nitrogens is 3. The van der Waals surface area contributed by atoms with Crippen molar-refractivity contribution in [1.29, 1.82) is 0 Å². The Morgan fingerprint density at radius 3 is 1.05 bits per heavy atom. The molecule has 6 aromatic carbocycles. The number of likely N-dealkylation sites (tertiary alicyclic amines) is 3. The summed E-state index contributed by atoms with van der Waals surface area (Å²) in [5.41, 5.74) is 10.9. The molecule has 23 heteroatoms. The quantitative estimate of drug-likeness (QED) is 0.0248. The SMILES string of the molecule is CCCCN1CC([C@@H](F)c2ccc([C@@H]3c4[nH]c5ccccc5c4C[C@@H](C)N3CC(F)(F)CO)c(F)c2)C1.CCCCN1CC([C@@H](O)c2ccc([C@@H]3c4[nH]c5ccccc5c4C[C@@H](C)N3CC(F)(F)CO)cc2)C1.CCCCN1CC([C@H](F)c2ccc([C@@H]3c4[nH]c5ccccc5c4C[C@@H](C)N3CC(F)(F)CO)c(F)c2)C1. The lowest BCUT2D eigenvalue weighted by molar-refractivity contribution is -0.0868. The van der Waals surface area contributed by atoms with Crippen molar-refractivity contribution < 1.29 is 64.3 Å². The summed E-state index contributed by atoms with van der Waals surface area (Å²) in [4.78, 5) is 21.9. The molecule has 0 saturated carbocycles. The topological polar surface area (TPSA) is 148 Å². The van der Waals surface area contributed by atoms with E-state index in [-0.39, 0.29) is 58.1 Å². The van der Waals surface area contributed by atoms with Crippen LogP contribution in [-0.2, 0) is 19.3 Å². The van der Waals surface area contributed by atoms with Gasteiger partial charge in [0.15, 0.2) is 0 Å². The predicted octanol–water partition coefficient (Wildman–Crippen LogP) is 16.9. The monoisotopic (exact) mass is 1530 g/mol. The predicted molar refractivity (Wildman–Crippen MR) is 413 cm³/mol. The van der Waals surface area contributed by atoms with Gasteiger partial charge < -0.3 is 50.1 Å². The molecule has 13 nitrogen and oxygen atoms in total. The van der Waals surface area contributed by atoms with Crippen molar-refractivity contribution in [1.82, 2.24) is 44.4 Å². The number of aliphatic hydroxyl groups excluding tert-OH is 4. The van der Waals surface area contributed by atoms with Crippen LogP contribution in [0.5, 0.6) is 0 Å². The van der Waals surface area contributed by atoms with E-state index in [4.69, 9.17) is 0 Å². The van der Waals surface area contributed by atoms with Crippen molar-refractivity contribution >= 4 is 32.7 Å². The Bertz CT molecular complexity index is 4360. The first-order valence-electron chi connectivity index (χ1n) is 39.6. The first-order valence-corrected chi connectivity index (χ1v) is 39.6. The van der Waals surface area contributed by atoms with Gasteiger partial charge in [-0.1, -0.05) is 143 Å². The molecule has 0 unspecified atom stereocenters. The number of para-hydroxylation sites is 3. The zero-order valence-corrected chi connectivity index (χ0v) is 63.9. The lowest BCUT2D eigenvalue weighted by Gasteiger charge is -2.43. The number of benzene rings is 6. The molecule has 0 amide bonds. The lowest BCUT2D eigenvalue weighted by atomic mass is 9.86. The van der Waals surface area contributed by atoms with Crippen LogP contribution in [0.1, 0.15) is 184 Å². The number of halogens is 10. The Morgan fingerprint density at radius 1 is 0.418 bits per heavy atom. The maximum atomic E-state index is 15.7. The second-order valence-electron chi connectivity index (χ2n) is 32.2. The molecule has 0 spiro atoms. The molecule has 9 heterocycles. The fourth-order valence-corrected chi connectivity index (χ4v) is 17.9. The van der Waals surface area contributed by atoms with Gasteiger partial charge >= 0.3 is 0 Å². The standard InChI is InChI=1S/2C29H35F4N3O.C29H37F2N3O2/c2*1-3-4-11-35-14-20(15-35)26(31)19-9-10-22(24(30)13-19)28-27-23(21-7-5-6-8-25(21)34-27)12-18(2)36(28)16-29(32,33)17-37;1-3-4-13-33-15-22(16-33)28(36)21-11-9-20(10-12-21)27-26-24(23-7-5-6-8-25(23)32-26)14-19(2)34(27)17-29(30,31)18-35/h2*5-10,13,18,20,26,28,34,37H,3-4,11-12,14-17H2,1-2H3;5-12,19,22,27-28,32,35-36H,3-4,13-18H2,1-2H3/t18-,26+,28-;18-,26-,28-;19-,27-,28+/m111/s1. The van der Waals surface area contributed by atoms with Crippen LogP contribution < -0.4 is 0 Å². The summed E-state index contributed by atoms with van der Waals surface area (Å²) in [6, 6.07) is 37.2. The largest absolute Gasteiger partial charge is 0.390 e. The van der Waals surface area contributed by atoms with Crippen molar-refractivity contribution in [2.45, 2.75) is 172 Å². The molecule has 3 saturated heterocycles. The van der Waals surface area contributed by atoms with E-state index in [1.165, 1.54) is 25.0 Å². The Hall–Kier alpha value is -7.16. The van der Waals surface area contributed by atoms with Crippen molar-refractivity contribution in [3.63, 3.8) is 0 Å². The molecule has 9 aromatic rings. The fourth-order valence-electron chi connectivity index (χ4n) is 17.9. The number of hydrogen-bond acceptors (Lipinski definition) is 10. The summed E-state index contributed by atoms with van der Waals surface area (Å²) in [6.45, 7) is 13.8. The van der Waals surface area contributed by atoms with E-state index >= 15 is 17.6 Å². The summed E-state index contributed by atoms with van der Waals surface area (Å²) in [7, 11) is 0. The maximum Gasteiger partial charge on any atom is 0.283 e. The van der Waals surface area contributed by atoms with Crippen LogP contribution in [0, 0.1) is 29.4 Å². The highest BCUT2D eigenvalue weighted by Crippen LogP contribution is 2.48. The van der Waals surface area contributed by atoms with Crippen molar-refractivity contribution in [3.05, 3.63) is 212 Å². The minimum absolute atomic E-state index is 0.131. The third-order valence-electron chi connectivity index (χ3n) is 24.1. The van der Waals surface area contributed by atoms with Crippen molar-refractivity contribution in [2.24, 2.45) is 17.8 Å². The molecular weight excluding hydrogens is 1420 g/mol. The molecule has 110 heavy (non-hydrogen) atoms. The average molecular weight is 1530 g/mol. The molecule has 9 atom stereocenters. The molecule has 594 valence electrons. The number of fused-ring (bicyclic) bond motifs is 9. The van der Waals surface area contributed by atoms with Gasteiger partial charge in [0.2, 0.25) is 0 Å². The van der Waals surface area contributed by atoms with Gasteiger partial charge in [-0.15, -0.1) is 0 Å². The molecular formula is C87H107F10N9O4. The van der Waals surface area contributed by atoms with Gasteiger partial charge in [-0.3, -0.25) is 14.7 Å². The Balaban J connectivity index is 0.000000145. The molecule has 6 aliphatic rings. The van der Waals surface area contributed by atoms with E-state index in [0.29, 0.717) is 56.8 Å². The molecule has 3 fully saturated rings. The van der Waals surface area contributed by atoms with Gasteiger partial charge in [-0.25, -0.2) is 43.9 Å². The molecule has 15 rings (SSSR count). The van der Waals surface area contributed by atoms with E-state index in [9.17, 15) is 46.8 Å². The van der Waals surface area contributed by atoms with E-state index in [1.807, 2.05) is 112 Å². The number of alkyl halides is 8. The minimum Gasteiger partial charge on any atom is -0.390 e. The fraction of sp³-hybridized carbons (Fsp3) is 0.517. The van der Waals surface area contributed by atoms with Crippen LogP contribution >= 0.6 is 0 Å². The van der Waals surface area contributed by atoms with Crippen molar-refractivity contribution in [3.8, 4) is 0 Å². The van der Waals surface area contributed by atoms with Crippen LogP contribution in [-0.4, -0.2) is 199 Å². The normalized spacial score (nSPS) is 22.3. The molecule has 6 aliphatic heterocycles. The first kappa shape index (κ1) is 80.9. The second-order valence-corrected chi connectivity index (χ2v) is 32.2. The summed E-state index contributed by atoms with van der Waals surface area (Å²) < 4.78 is 149. The first-order chi connectivity index (χ1) is 52.7. The van der Waals surface area contributed by atoms with Gasteiger partial charge in [-0.2, -0.15) is 0 Å². The Kier molecular flexibility index (Phi) is 25.2. The molecule has 3 aromatic heterocycles. The third-order valence-corrected chi connectivity index (χ3v) is 24.1. The summed E-state index contributed by atoms with van der Waals surface area (Å²) in [5.74, 6) is -11.2. The highest BCUT2D eigenvalue weighted by molar-refractivity contribution is 5.87. The van der Waals surface area contributed by atoms with E-state index in [0.717, 1.165) is 125 Å². The maximum absolute atomic E-state index is 15.7.